The Morgan fingerprint density at radius 2 is 1.68 bits per heavy atom. The Labute approximate surface area is 222 Å². The largest absolute Gasteiger partial charge is 0.504 e. The van der Waals surface area contributed by atoms with E-state index in [0.29, 0.717) is 27.4 Å². The number of anilines is 1. The van der Waals surface area contributed by atoms with Gasteiger partial charge < -0.3 is 15.5 Å². The SMILES string of the molecule is Cc1cc(Cl)c2c(c1)[C@@]1(N[C@@H](Cc3ccc(O)c(O)c3)[C@H]3C(=O)N(Cc4ccc(F)cc4)C(=O)[C@H]31)C(=O)N2. The molecule has 194 valence electrons. The minimum atomic E-state index is -1.54. The van der Waals surface area contributed by atoms with E-state index < -0.39 is 47.0 Å². The van der Waals surface area contributed by atoms with Crippen molar-refractivity contribution in [1.29, 1.82) is 0 Å². The Morgan fingerprint density at radius 1 is 0.974 bits per heavy atom. The molecule has 4 N–H and O–H groups in total. The fraction of sp³-hybridized carbons (Fsp3) is 0.250. The molecule has 1 spiro atoms. The first-order valence-electron chi connectivity index (χ1n) is 12.1. The second-order valence-corrected chi connectivity index (χ2v) is 10.5. The van der Waals surface area contributed by atoms with Gasteiger partial charge in [0.2, 0.25) is 17.7 Å². The minimum Gasteiger partial charge on any atom is -0.504 e. The fourth-order valence-electron chi connectivity index (χ4n) is 6.11. The summed E-state index contributed by atoms with van der Waals surface area (Å²) >= 11 is 6.47. The topological polar surface area (TPSA) is 119 Å². The Balaban J connectivity index is 1.46. The Kier molecular flexibility index (Phi) is 5.48. The molecule has 3 aliphatic rings. The first-order chi connectivity index (χ1) is 18.1. The fourth-order valence-corrected chi connectivity index (χ4v) is 6.43. The highest BCUT2D eigenvalue weighted by Gasteiger charge is 2.70. The average molecular weight is 536 g/mol. The Hall–Kier alpha value is -3.95. The van der Waals surface area contributed by atoms with Crippen LogP contribution < -0.4 is 10.6 Å². The number of amides is 3. The molecule has 0 aromatic heterocycles. The number of imide groups is 1. The van der Waals surface area contributed by atoms with Crippen LogP contribution in [-0.4, -0.2) is 38.9 Å². The molecule has 8 nitrogen and oxygen atoms in total. The third-order valence-electron chi connectivity index (χ3n) is 7.76. The molecule has 0 unspecified atom stereocenters. The molecule has 0 aliphatic carbocycles. The number of fused-ring (bicyclic) bond motifs is 4. The van der Waals surface area contributed by atoms with Crippen LogP contribution in [0.3, 0.4) is 0 Å². The predicted octanol–water partition coefficient (Wildman–Crippen LogP) is 3.36. The molecule has 0 bridgehead atoms. The summed E-state index contributed by atoms with van der Waals surface area (Å²) in [5, 5.41) is 26.2. The molecule has 2 saturated heterocycles. The molecular formula is C28H23ClFN3O5. The highest BCUT2D eigenvalue weighted by Crippen LogP contribution is 2.55. The summed E-state index contributed by atoms with van der Waals surface area (Å²) in [6, 6.07) is 12.7. The number of phenolic OH excluding ortho intramolecular Hbond substituents is 2. The molecule has 0 saturated carbocycles. The predicted molar refractivity (Wildman–Crippen MR) is 136 cm³/mol. The number of nitrogens with one attached hydrogen (secondary N) is 2. The molecule has 3 aromatic rings. The van der Waals surface area contributed by atoms with Gasteiger partial charge in [-0.15, -0.1) is 0 Å². The summed E-state index contributed by atoms with van der Waals surface area (Å²) in [7, 11) is 0. The zero-order valence-electron chi connectivity index (χ0n) is 20.2. The van der Waals surface area contributed by atoms with Crippen molar-refractivity contribution in [2.75, 3.05) is 5.32 Å². The van der Waals surface area contributed by atoms with Crippen molar-refractivity contribution >= 4 is 35.0 Å². The van der Waals surface area contributed by atoms with Gasteiger partial charge in [-0.3, -0.25) is 24.6 Å². The standard InChI is InChI=1S/C28H23ClFN3O5/c1-13-8-17-24(18(29)9-13)31-27(38)28(17)23-22(19(32-28)10-15-4-7-20(34)21(35)11-15)25(36)33(26(23)37)12-14-2-5-16(30)6-3-14/h2-9,11,19,22-23,32,34-35H,10,12H2,1H3,(H,31,38)/t19-,22+,23-,28-/m0/s1. The Morgan fingerprint density at radius 3 is 2.39 bits per heavy atom. The monoisotopic (exact) mass is 535 g/mol. The normalized spacial score (nSPS) is 25.7. The van der Waals surface area contributed by atoms with Crippen molar-refractivity contribution in [2.45, 2.75) is 31.5 Å². The van der Waals surface area contributed by atoms with Crippen LogP contribution in [0.15, 0.2) is 54.6 Å². The smallest absolute Gasteiger partial charge is 0.250 e. The number of likely N-dealkylation sites (tertiary alicyclic amines) is 1. The van der Waals surface area contributed by atoms with Gasteiger partial charge in [0.1, 0.15) is 11.4 Å². The van der Waals surface area contributed by atoms with Crippen molar-refractivity contribution in [1.82, 2.24) is 10.2 Å². The summed E-state index contributed by atoms with van der Waals surface area (Å²) in [6.07, 6.45) is 0.197. The zero-order valence-corrected chi connectivity index (χ0v) is 20.9. The lowest BCUT2D eigenvalue weighted by Gasteiger charge is -2.30. The van der Waals surface area contributed by atoms with Crippen LogP contribution in [0.25, 0.3) is 0 Å². The molecular weight excluding hydrogens is 513 g/mol. The lowest BCUT2D eigenvalue weighted by molar-refractivity contribution is -0.143. The van der Waals surface area contributed by atoms with E-state index in [0.717, 1.165) is 10.5 Å². The van der Waals surface area contributed by atoms with Gasteiger partial charge in [-0.1, -0.05) is 35.9 Å². The summed E-state index contributed by atoms with van der Waals surface area (Å²) in [6.45, 7) is 1.77. The van der Waals surface area contributed by atoms with Crippen LogP contribution in [-0.2, 0) is 32.9 Å². The van der Waals surface area contributed by atoms with Gasteiger partial charge in [-0.05, 0) is 60.4 Å². The number of hydrogen-bond donors (Lipinski definition) is 4. The summed E-state index contributed by atoms with van der Waals surface area (Å²) in [5.41, 5.74) is 1.33. The van der Waals surface area contributed by atoms with Gasteiger partial charge in [0, 0.05) is 11.6 Å². The van der Waals surface area contributed by atoms with E-state index in [4.69, 9.17) is 11.6 Å². The molecule has 3 aromatic carbocycles. The van der Waals surface area contributed by atoms with Gasteiger partial charge in [-0.25, -0.2) is 4.39 Å². The number of carbonyl (C=O) groups excluding carboxylic acids is 3. The van der Waals surface area contributed by atoms with Gasteiger partial charge in [0.25, 0.3) is 0 Å². The number of hydrogen-bond acceptors (Lipinski definition) is 6. The maximum absolute atomic E-state index is 14.0. The van der Waals surface area contributed by atoms with E-state index in [1.807, 2.05) is 6.92 Å². The summed E-state index contributed by atoms with van der Waals surface area (Å²) < 4.78 is 13.5. The van der Waals surface area contributed by atoms with E-state index in [1.165, 1.54) is 36.4 Å². The highest BCUT2D eigenvalue weighted by molar-refractivity contribution is 6.35. The maximum Gasteiger partial charge on any atom is 0.250 e. The summed E-state index contributed by atoms with van der Waals surface area (Å²) in [4.78, 5) is 42.6. The molecule has 0 radical (unpaired) electrons. The van der Waals surface area contributed by atoms with E-state index in [1.54, 1.807) is 18.2 Å². The number of halogens is 2. The van der Waals surface area contributed by atoms with E-state index in [-0.39, 0.29) is 24.5 Å². The molecule has 2 fully saturated rings. The Bertz CT molecular complexity index is 1530. The number of aromatic hydroxyl groups is 2. The van der Waals surface area contributed by atoms with Crippen LogP contribution in [0.1, 0.15) is 22.3 Å². The number of carbonyl (C=O) groups is 3. The molecule has 10 heteroatoms. The first-order valence-corrected chi connectivity index (χ1v) is 12.5. The van der Waals surface area contributed by atoms with Crippen LogP contribution in [0.5, 0.6) is 11.5 Å². The highest BCUT2D eigenvalue weighted by atomic mass is 35.5. The van der Waals surface area contributed by atoms with E-state index in [2.05, 4.69) is 10.6 Å². The van der Waals surface area contributed by atoms with E-state index in [9.17, 15) is 29.0 Å². The second-order valence-electron chi connectivity index (χ2n) is 10.1. The van der Waals surface area contributed by atoms with Gasteiger partial charge >= 0.3 is 0 Å². The van der Waals surface area contributed by atoms with Crippen molar-refractivity contribution in [2.24, 2.45) is 11.8 Å². The molecule has 3 heterocycles. The number of nitrogens with zero attached hydrogens (tertiary/aromatic N) is 1. The van der Waals surface area contributed by atoms with Crippen LogP contribution in [0.4, 0.5) is 10.1 Å². The molecule has 6 rings (SSSR count). The van der Waals surface area contributed by atoms with Gasteiger partial charge in [-0.2, -0.15) is 0 Å². The van der Waals surface area contributed by atoms with Crippen LogP contribution in [0, 0.1) is 24.6 Å². The second kappa shape index (κ2) is 8.54. The van der Waals surface area contributed by atoms with Crippen molar-refractivity contribution < 1.29 is 29.0 Å². The van der Waals surface area contributed by atoms with E-state index >= 15 is 0 Å². The summed E-state index contributed by atoms with van der Waals surface area (Å²) in [5.74, 6) is -4.40. The van der Waals surface area contributed by atoms with Crippen molar-refractivity contribution in [3.8, 4) is 11.5 Å². The van der Waals surface area contributed by atoms with Gasteiger partial charge in [0.15, 0.2) is 11.5 Å². The average Bonchev–Trinajstić information content (AvgIpc) is 3.44. The van der Waals surface area contributed by atoms with Gasteiger partial charge in [0.05, 0.1) is 29.1 Å². The van der Waals surface area contributed by atoms with Crippen LogP contribution in [0.2, 0.25) is 5.02 Å². The third kappa shape index (κ3) is 3.49. The third-order valence-corrected chi connectivity index (χ3v) is 8.06. The zero-order chi connectivity index (χ0) is 26.9. The van der Waals surface area contributed by atoms with Crippen molar-refractivity contribution in [3.05, 3.63) is 87.7 Å². The lowest BCUT2D eigenvalue weighted by atomic mass is 9.76. The number of rotatable bonds is 4. The molecule has 3 amide bonds. The molecule has 38 heavy (non-hydrogen) atoms. The molecule has 4 atom stereocenters. The lowest BCUT2D eigenvalue weighted by Crippen LogP contribution is -2.53. The number of aryl methyl sites for hydroxylation is 1. The first kappa shape index (κ1) is 24.4. The maximum atomic E-state index is 14.0. The number of benzene rings is 3. The van der Waals surface area contributed by atoms with Crippen LogP contribution >= 0.6 is 11.6 Å². The van der Waals surface area contributed by atoms with Crippen molar-refractivity contribution in [3.63, 3.8) is 0 Å². The quantitative estimate of drug-likeness (QED) is 0.300. The molecule has 3 aliphatic heterocycles. The number of phenols is 2. The minimum absolute atomic E-state index is 0.0587.